The number of ether oxygens (including phenoxy) is 2. The van der Waals surface area contributed by atoms with E-state index in [9.17, 15) is 4.79 Å². The van der Waals surface area contributed by atoms with Gasteiger partial charge in [0.05, 0.1) is 12.7 Å². The number of carbonyl (C=O) groups is 1. The van der Waals surface area contributed by atoms with Crippen molar-refractivity contribution in [1.82, 2.24) is 0 Å². The van der Waals surface area contributed by atoms with E-state index in [0.717, 1.165) is 12.8 Å². The zero-order chi connectivity index (χ0) is 10.3. The first-order valence-electron chi connectivity index (χ1n) is 4.50. The van der Waals surface area contributed by atoms with Crippen LogP contribution < -0.4 is 0 Å². The van der Waals surface area contributed by atoms with Gasteiger partial charge in [0.2, 0.25) is 0 Å². The highest BCUT2D eigenvalue weighted by Gasteiger charge is 2.13. The second-order valence-electron chi connectivity index (χ2n) is 2.99. The maximum absolute atomic E-state index is 11.0. The number of carbonyl (C=O) groups excluding carboxylic acids is 1. The van der Waals surface area contributed by atoms with E-state index >= 15 is 0 Å². The van der Waals surface area contributed by atoms with Crippen molar-refractivity contribution in [2.45, 2.75) is 39.7 Å². The summed E-state index contributed by atoms with van der Waals surface area (Å²) in [4.78, 5) is 11.0. The van der Waals surface area contributed by atoms with Crippen molar-refractivity contribution in [1.29, 1.82) is 5.41 Å². The Morgan fingerprint density at radius 3 is 2.54 bits per heavy atom. The van der Waals surface area contributed by atoms with E-state index < -0.39 is 11.9 Å². The first-order chi connectivity index (χ1) is 6.07. The van der Waals surface area contributed by atoms with E-state index in [1.54, 1.807) is 13.8 Å². The molecule has 0 saturated carbocycles. The SMILES string of the molecule is CCCCOC(=O)C(=N)OC(C)C. The van der Waals surface area contributed by atoms with E-state index in [1.165, 1.54) is 0 Å². The molecule has 0 aromatic heterocycles. The van der Waals surface area contributed by atoms with Crippen LogP contribution in [0.3, 0.4) is 0 Å². The zero-order valence-electron chi connectivity index (χ0n) is 8.42. The fourth-order valence-electron chi connectivity index (χ4n) is 0.659. The molecule has 1 N–H and O–H groups in total. The maximum atomic E-state index is 11.0. The summed E-state index contributed by atoms with van der Waals surface area (Å²) in [7, 11) is 0. The smallest absolute Gasteiger partial charge is 0.393 e. The average Bonchev–Trinajstić information content (AvgIpc) is 2.03. The van der Waals surface area contributed by atoms with E-state index in [4.69, 9.17) is 14.9 Å². The monoisotopic (exact) mass is 187 g/mol. The van der Waals surface area contributed by atoms with Gasteiger partial charge < -0.3 is 9.47 Å². The molecule has 0 aromatic rings. The predicted octanol–water partition coefficient (Wildman–Crippen LogP) is 1.73. The summed E-state index contributed by atoms with van der Waals surface area (Å²) in [6.07, 6.45) is 1.62. The fraction of sp³-hybridized carbons (Fsp3) is 0.778. The molecule has 0 aliphatic rings. The summed E-state index contributed by atoms with van der Waals surface area (Å²) < 4.78 is 9.61. The Labute approximate surface area is 78.7 Å². The topological polar surface area (TPSA) is 59.4 Å². The normalized spacial score (nSPS) is 9.85. The average molecular weight is 187 g/mol. The van der Waals surface area contributed by atoms with Crippen molar-refractivity contribution in [3.05, 3.63) is 0 Å². The molecule has 0 rings (SSSR count). The Bertz CT molecular complexity index is 178. The minimum Gasteiger partial charge on any atom is -0.470 e. The molecule has 0 radical (unpaired) electrons. The molecule has 0 heterocycles. The number of nitrogens with one attached hydrogen (secondary N) is 1. The lowest BCUT2D eigenvalue weighted by molar-refractivity contribution is -0.137. The van der Waals surface area contributed by atoms with Crippen LogP contribution >= 0.6 is 0 Å². The van der Waals surface area contributed by atoms with Crippen molar-refractivity contribution in [3.8, 4) is 0 Å². The van der Waals surface area contributed by atoms with Crippen LogP contribution in [0.4, 0.5) is 0 Å². The first kappa shape index (κ1) is 11.9. The van der Waals surface area contributed by atoms with Gasteiger partial charge in [-0.1, -0.05) is 13.3 Å². The van der Waals surface area contributed by atoms with Crippen LogP contribution in [-0.2, 0) is 14.3 Å². The van der Waals surface area contributed by atoms with Gasteiger partial charge in [-0.3, -0.25) is 5.41 Å². The minimum absolute atomic E-state index is 0.161. The molecule has 76 valence electrons. The van der Waals surface area contributed by atoms with Crippen molar-refractivity contribution < 1.29 is 14.3 Å². The Morgan fingerprint density at radius 1 is 1.46 bits per heavy atom. The van der Waals surface area contributed by atoms with Gasteiger partial charge in [-0.25, -0.2) is 4.79 Å². The molecule has 0 spiro atoms. The lowest BCUT2D eigenvalue weighted by Gasteiger charge is -2.09. The van der Waals surface area contributed by atoms with Crippen LogP contribution in [0.5, 0.6) is 0 Å². The molecule has 0 aliphatic carbocycles. The quantitative estimate of drug-likeness (QED) is 0.315. The van der Waals surface area contributed by atoms with Crippen LogP contribution in [0, 0.1) is 5.41 Å². The zero-order valence-corrected chi connectivity index (χ0v) is 8.42. The molecule has 0 amide bonds. The van der Waals surface area contributed by atoms with Crippen molar-refractivity contribution in [2.75, 3.05) is 6.61 Å². The number of unbranched alkanes of at least 4 members (excludes halogenated alkanes) is 1. The standard InChI is InChI=1S/C9H17NO3/c1-4-5-6-12-9(11)8(10)13-7(2)3/h7,10H,4-6H2,1-3H3. The van der Waals surface area contributed by atoms with Crippen LogP contribution in [0.25, 0.3) is 0 Å². The molecule has 13 heavy (non-hydrogen) atoms. The van der Waals surface area contributed by atoms with E-state index in [2.05, 4.69) is 0 Å². The number of esters is 1. The third kappa shape index (κ3) is 6.13. The Morgan fingerprint density at radius 2 is 2.08 bits per heavy atom. The Kier molecular flexibility index (Phi) is 5.93. The highest BCUT2D eigenvalue weighted by Crippen LogP contribution is 1.94. The Hall–Kier alpha value is -1.06. The van der Waals surface area contributed by atoms with Gasteiger partial charge in [0.15, 0.2) is 0 Å². The molecular formula is C9H17NO3. The molecule has 0 unspecified atom stereocenters. The summed E-state index contributed by atoms with van der Waals surface area (Å²) >= 11 is 0. The number of hydrogen-bond acceptors (Lipinski definition) is 4. The molecule has 0 saturated heterocycles. The van der Waals surface area contributed by atoms with Crippen LogP contribution in [0.15, 0.2) is 0 Å². The highest BCUT2D eigenvalue weighted by atomic mass is 16.6. The maximum Gasteiger partial charge on any atom is 0.393 e. The first-order valence-corrected chi connectivity index (χ1v) is 4.50. The summed E-state index contributed by atoms with van der Waals surface area (Å²) in [5.41, 5.74) is 0. The number of rotatable bonds is 4. The summed E-state index contributed by atoms with van der Waals surface area (Å²) in [6, 6.07) is 0. The summed E-state index contributed by atoms with van der Waals surface area (Å²) in [5, 5.41) is 7.16. The molecule has 0 bridgehead atoms. The second-order valence-corrected chi connectivity index (χ2v) is 2.99. The van der Waals surface area contributed by atoms with E-state index in [0.29, 0.717) is 6.61 Å². The van der Waals surface area contributed by atoms with Crippen LogP contribution in [-0.4, -0.2) is 24.6 Å². The Balaban J connectivity index is 3.64. The predicted molar refractivity (Wildman–Crippen MR) is 49.8 cm³/mol. The molecular weight excluding hydrogens is 170 g/mol. The van der Waals surface area contributed by atoms with Gasteiger partial charge in [0, 0.05) is 0 Å². The van der Waals surface area contributed by atoms with Gasteiger partial charge in [-0.05, 0) is 20.3 Å². The minimum atomic E-state index is -0.679. The van der Waals surface area contributed by atoms with Crippen LogP contribution in [0.1, 0.15) is 33.6 Å². The lowest BCUT2D eigenvalue weighted by Crippen LogP contribution is -2.23. The third-order valence-corrected chi connectivity index (χ3v) is 1.27. The highest BCUT2D eigenvalue weighted by molar-refractivity contribution is 6.31. The fourth-order valence-corrected chi connectivity index (χ4v) is 0.659. The van der Waals surface area contributed by atoms with Gasteiger partial charge in [-0.15, -0.1) is 0 Å². The molecule has 0 aliphatic heterocycles. The molecule has 4 nitrogen and oxygen atoms in total. The van der Waals surface area contributed by atoms with Gasteiger partial charge in [0.25, 0.3) is 5.90 Å². The van der Waals surface area contributed by atoms with E-state index in [-0.39, 0.29) is 6.10 Å². The molecule has 0 fully saturated rings. The van der Waals surface area contributed by atoms with Gasteiger partial charge in [0.1, 0.15) is 0 Å². The molecule has 4 heteroatoms. The summed E-state index contributed by atoms with van der Waals surface area (Å²) in [6.45, 7) is 5.88. The van der Waals surface area contributed by atoms with E-state index in [1.807, 2.05) is 6.92 Å². The number of hydrogen-bond donors (Lipinski definition) is 1. The molecule has 0 atom stereocenters. The van der Waals surface area contributed by atoms with Crippen LogP contribution in [0.2, 0.25) is 0 Å². The van der Waals surface area contributed by atoms with Crippen molar-refractivity contribution in [3.63, 3.8) is 0 Å². The summed E-state index contributed by atoms with van der Waals surface area (Å²) in [5.74, 6) is -1.09. The van der Waals surface area contributed by atoms with Crippen molar-refractivity contribution in [2.24, 2.45) is 0 Å². The third-order valence-electron chi connectivity index (χ3n) is 1.27. The van der Waals surface area contributed by atoms with Gasteiger partial charge >= 0.3 is 5.97 Å². The second kappa shape index (κ2) is 6.46. The van der Waals surface area contributed by atoms with Crippen molar-refractivity contribution >= 4 is 11.9 Å². The lowest BCUT2D eigenvalue weighted by atomic mass is 10.4. The largest absolute Gasteiger partial charge is 0.470 e. The molecule has 0 aromatic carbocycles. The van der Waals surface area contributed by atoms with Gasteiger partial charge in [-0.2, -0.15) is 0 Å².